The second-order valence-electron chi connectivity index (χ2n) is 5.52. The fourth-order valence-corrected chi connectivity index (χ4v) is 1.68. The molecule has 0 amide bonds. The Balaban J connectivity index is 2.70. The quantitative estimate of drug-likeness (QED) is 0.839. The van der Waals surface area contributed by atoms with E-state index in [1.165, 1.54) is 5.56 Å². The topological polar surface area (TPSA) is 15.3 Å². The van der Waals surface area contributed by atoms with Crippen LogP contribution in [0.15, 0.2) is 30.3 Å². The van der Waals surface area contributed by atoms with Crippen molar-refractivity contribution in [2.45, 2.75) is 32.4 Å². The lowest BCUT2D eigenvalue weighted by Gasteiger charge is -2.29. The van der Waals surface area contributed by atoms with Crippen LogP contribution in [0.2, 0.25) is 0 Å². The van der Waals surface area contributed by atoms with Crippen molar-refractivity contribution < 1.29 is 0 Å². The summed E-state index contributed by atoms with van der Waals surface area (Å²) in [6, 6.07) is 11.1. The van der Waals surface area contributed by atoms with E-state index in [0.717, 1.165) is 6.54 Å². The lowest BCUT2D eigenvalue weighted by molar-refractivity contribution is 0.265. The zero-order valence-corrected chi connectivity index (χ0v) is 11.1. The van der Waals surface area contributed by atoms with E-state index in [4.69, 9.17) is 0 Å². The van der Waals surface area contributed by atoms with E-state index in [0.29, 0.717) is 6.04 Å². The summed E-state index contributed by atoms with van der Waals surface area (Å²) in [5.74, 6) is 0. The van der Waals surface area contributed by atoms with Gasteiger partial charge in [0.1, 0.15) is 0 Å². The van der Waals surface area contributed by atoms with Gasteiger partial charge in [0.05, 0.1) is 0 Å². The zero-order valence-electron chi connectivity index (χ0n) is 11.1. The molecule has 1 aromatic carbocycles. The van der Waals surface area contributed by atoms with E-state index >= 15 is 0 Å². The van der Waals surface area contributed by atoms with Crippen LogP contribution in [-0.2, 0) is 0 Å². The van der Waals surface area contributed by atoms with Gasteiger partial charge in [0.2, 0.25) is 0 Å². The van der Waals surface area contributed by atoms with E-state index in [1.807, 2.05) is 0 Å². The van der Waals surface area contributed by atoms with E-state index in [1.54, 1.807) is 0 Å². The van der Waals surface area contributed by atoms with E-state index < -0.39 is 0 Å². The highest BCUT2D eigenvalue weighted by Crippen LogP contribution is 2.17. The molecule has 90 valence electrons. The molecule has 0 bridgehead atoms. The Morgan fingerprint density at radius 1 is 1.12 bits per heavy atom. The Bertz CT molecular complexity index is 298. The van der Waals surface area contributed by atoms with Crippen molar-refractivity contribution in [3.05, 3.63) is 35.9 Å². The third-order valence-electron chi connectivity index (χ3n) is 2.63. The molecule has 0 aliphatic rings. The largest absolute Gasteiger partial charge is 0.310 e. The number of hydrogen-bond acceptors (Lipinski definition) is 2. The molecule has 0 fully saturated rings. The monoisotopic (exact) mass is 220 g/mol. The minimum absolute atomic E-state index is 0.170. The summed E-state index contributed by atoms with van der Waals surface area (Å²) in [5, 5.41) is 3.56. The molecule has 1 N–H and O–H groups in total. The first-order valence-electron chi connectivity index (χ1n) is 5.86. The molecule has 1 rings (SSSR count). The van der Waals surface area contributed by atoms with Crippen molar-refractivity contribution in [2.75, 3.05) is 20.6 Å². The van der Waals surface area contributed by atoms with Crippen LogP contribution in [-0.4, -0.2) is 31.1 Å². The number of nitrogens with zero attached hydrogens (tertiary/aromatic N) is 1. The van der Waals surface area contributed by atoms with Gasteiger partial charge in [-0.25, -0.2) is 0 Å². The molecule has 0 radical (unpaired) electrons. The van der Waals surface area contributed by atoms with Crippen molar-refractivity contribution >= 4 is 0 Å². The van der Waals surface area contributed by atoms with Gasteiger partial charge in [-0.2, -0.15) is 0 Å². The third-order valence-corrected chi connectivity index (χ3v) is 2.63. The molecule has 2 nitrogen and oxygen atoms in total. The number of nitrogens with one attached hydrogen (secondary N) is 1. The summed E-state index contributed by atoms with van der Waals surface area (Å²) >= 11 is 0. The molecule has 2 heteroatoms. The highest BCUT2D eigenvalue weighted by atomic mass is 15.1. The minimum Gasteiger partial charge on any atom is -0.310 e. The van der Waals surface area contributed by atoms with Gasteiger partial charge in [-0.1, -0.05) is 30.3 Å². The first-order valence-corrected chi connectivity index (χ1v) is 5.86. The molecule has 1 atom stereocenters. The van der Waals surface area contributed by atoms with E-state index in [-0.39, 0.29) is 5.54 Å². The predicted molar refractivity (Wildman–Crippen MR) is 70.6 cm³/mol. The number of likely N-dealkylation sites (N-methyl/N-ethyl adjacent to an activating group) is 1. The lowest BCUT2D eigenvalue weighted by atomic mass is 10.0. The Labute approximate surface area is 99.7 Å². The maximum absolute atomic E-state index is 3.56. The number of benzene rings is 1. The first kappa shape index (κ1) is 13.2. The fraction of sp³-hybridized carbons (Fsp3) is 0.571. The molecule has 1 unspecified atom stereocenters. The van der Waals surface area contributed by atoms with Crippen LogP contribution in [0.1, 0.15) is 32.4 Å². The molecule has 0 heterocycles. The maximum atomic E-state index is 3.56. The van der Waals surface area contributed by atoms with Crippen molar-refractivity contribution in [3.8, 4) is 0 Å². The summed E-state index contributed by atoms with van der Waals surface area (Å²) in [6.45, 7) is 7.57. The summed E-state index contributed by atoms with van der Waals surface area (Å²) in [6.07, 6.45) is 0. The lowest BCUT2D eigenvalue weighted by Crippen LogP contribution is -2.41. The van der Waals surface area contributed by atoms with Gasteiger partial charge in [-0.3, -0.25) is 0 Å². The normalized spacial score (nSPS) is 14.1. The number of rotatable bonds is 4. The Hall–Kier alpha value is -0.860. The molecule has 0 aliphatic carbocycles. The predicted octanol–water partition coefficient (Wildman–Crippen LogP) is 2.68. The summed E-state index contributed by atoms with van der Waals surface area (Å²) in [7, 11) is 4.25. The van der Waals surface area contributed by atoms with Gasteiger partial charge < -0.3 is 10.2 Å². The zero-order chi connectivity index (χ0) is 12.2. The van der Waals surface area contributed by atoms with Gasteiger partial charge in [0, 0.05) is 18.1 Å². The molecular weight excluding hydrogens is 196 g/mol. The number of hydrogen-bond donors (Lipinski definition) is 1. The molecule has 1 aromatic rings. The van der Waals surface area contributed by atoms with Crippen LogP contribution < -0.4 is 5.32 Å². The molecular formula is C14H24N2. The van der Waals surface area contributed by atoms with Crippen LogP contribution in [0.4, 0.5) is 0 Å². The Morgan fingerprint density at radius 3 is 2.12 bits per heavy atom. The van der Waals surface area contributed by atoms with Gasteiger partial charge in [0.15, 0.2) is 0 Å². The minimum atomic E-state index is 0.170. The standard InChI is InChI=1S/C14H24N2/c1-14(2,3)15-11-13(16(4)5)12-9-7-6-8-10-12/h6-10,13,15H,11H2,1-5H3. The van der Waals surface area contributed by atoms with Gasteiger partial charge in [-0.15, -0.1) is 0 Å². The first-order chi connectivity index (χ1) is 7.40. The molecule has 0 spiro atoms. The second-order valence-corrected chi connectivity index (χ2v) is 5.52. The summed E-state index contributed by atoms with van der Waals surface area (Å²) in [5.41, 5.74) is 1.53. The molecule has 0 saturated carbocycles. The van der Waals surface area contributed by atoms with Crippen LogP contribution in [0.5, 0.6) is 0 Å². The van der Waals surface area contributed by atoms with Crippen LogP contribution in [0.25, 0.3) is 0 Å². The highest BCUT2D eigenvalue weighted by molar-refractivity contribution is 5.19. The Morgan fingerprint density at radius 2 is 1.69 bits per heavy atom. The van der Waals surface area contributed by atoms with Crippen molar-refractivity contribution in [1.82, 2.24) is 10.2 Å². The van der Waals surface area contributed by atoms with Crippen LogP contribution in [0.3, 0.4) is 0 Å². The summed E-state index contributed by atoms with van der Waals surface area (Å²) < 4.78 is 0. The average molecular weight is 220 g/mol. The van der Waals surface area contributed by atoms with Gasteiger partial charge in [0.25, 0.3) is 0 Å². The second kappa shape index (κ2) is 5.46. The van der Waals surface area contributed by atoms with Crippen molar-refractivity contribution in [1.29, 1.82) is 0 Å². The maximum Gasteiger partial charge on any atom is 0.0467 e. The van der Waals surface area contributed by atoms with Crippen LogP contribution in [0, 0.1) is 0 Å². The van der Waals surface area contributed by atoms with Crippen molar-refractivity contribution in [3.63, 3.8) is 0 Å². The van der Waals surface area contributed by atoms with E-state index in [2.05, 4.69) is 75.4 Å². The smallest absolute Gasteiger partial charge is 0.0467 e. The summed E-state index contributed by atoms with van der Waals surface area (Å²) in [4.78, 5) is 2.26. The van der Waals surface area contributed by atoms with Gasteiger partial charge >= 0.3 is 0 Å². The highest BCUT2D eigenvalue weighted by Gasteiger charge is 2.17. The molecule has 0 aliphatic heterocycles. The van der Waals surface area contributed by atoms with Crippen molar-refractivity contribution in [2.24, 2.45) is 0 Å². The molecule has 0 saturated heterocycles. The average Bonchev–Trinajstić information content (AvgIpc) is 2.17. The Kier molecular flexibility index (Phi) is 4.51. The molecule has 16 heavy (non-hydrogen) atoms. The molecule has 0 aromatic heterocycles. The van der Waals surface area contributed by atoms with E-state index in [9.17, 15) is 0 Å². The fourth-order valence-electron chi connectivity index (χ4n) is 1.68. The third kappa shape index (κ3) is 4.33. The van der Waals surface area contributed by atoms with Crippen LogP contribution >= 0.6 is 0 Å². The SMILES string of the molecule is CN(C)C(CNC(C)(C)C)c1ccccc1. The van der Waals surface area contributed by atoms with Gasteiger partial charge in [-0.05, 0) is 40.4 Å².